The number of nitrogens with zero attached hydrogens (tertiary/aromatic N) is 1. The van der Waals surface area contributed by atoms with Crippen molar-refractivity contribution in [2.75, 3.05) is 19.6 Å². The Kier molecular flexibility index (Phi) is 4.76. The summed E-state index contributed by atoms with van der Waals surface area (Å²) >= 11 is 0. The van der Waals surface area contributed by atoms with Crippen molar-refractivity contribution in [2.24, 2.45) is 11.1 Å². The van der Waals surface area contributed by atoms with Crippen molar-refractivity contribution < 1.29 is 8.78 Å². The van der Waals surface area contributed by atoms with E-state index in [9.17, 15) is 8.78 Å². The largest absolute Gasteiger partial charge is 0.329 e. The maximum Gasteiger partial charge on any atom is 0.128 e. The summed E-state index contributed by atoms with van der Waals surface area (Å²) in [6.07, 6.45) is 3.33. The van der Waals surface area contributed by atoms with E-state index in [1.807, 2.05) is 0 Å². The van der Waals surface area contributed by atoms with Gasteiger partial charge < -0.3 is 5.73 Å². The van der Waals surface area contributed by atoms with E-state index in [0.717, 1.165) is 38.4 Å². The molecule has 0 spiro atoms. The molecule has 1 aliphatic rings. The number of nitrogens with two attached hydrogens (primary N) is 1. The van der Waals surface area contributed by atoms with Crippen LogP contribution in [0.2, 0.25) is 0 Å². The number of hydrogen-bond acceptors (Lipinski definition) is 2. The highest BCUT2D eigenvalue weighted by Crippen LogP contribution is 2.40. The predicted octanol–water partition coefficient (Wildman–Crippen LogP) is 3.48. The van der Waals surface area contributed by atoms with Gasteiger partial charge in [-0.3, -0.25) is 4.90 Å². The van der Waals surface area contributed by atoms with Crippen LogP contribution in [0, 0.1) is 17.0 Å². The Morgan fingerprint density at radius 3 is 2.55 bits per heavy atom. The minimum Gasteiger partial charge on any atom is -0.329 e. The molecule has 0 aromatic heterocycles. The SMILES string of the molecule is CCC1(CC)CCN(C(CN)c2cc(F)ccc2F)C1. The number of hydrogen-bond donors (Lipinski definition) is 1. The van der Waals surface area contributed by atoms with Crippen LogP contribution in [0.4, 0.5) is 8.78 Å². The molecule has 1 saturated heterocycles. The van der Waals surface area contributed by atoms with Gasteiger partial charge in [0.1, 0.15) is 11.6 Å². The lowest BCUT2D eigenvalue weighted by Gasteiger charge is -2.31. The molecule has 4 heteroatoms. The van der Waals surface area contributed by atoms with E-state index in [0.29, 0.717) is 17.5 Å². The molecule has 20 heavy (non-hydrogen) atoms. The van der Waals surface area contributed by atoms with Gasteiger partial charge in [-0.15, -0.1) is 0 Å². The fourth-order valence-electron chi connectivity index (χ4n) is 3.31. The van der Waals surface area contributed by atoms with Gasteiger partial charge in [0.2, 0.25) is 0 Å². The van der Waals surface area contributed by atoms with E-state index in [1.165, 1.54) is 12.1 Å². The van der Waals surface area contributed by atoms with E-state index < -0.39 is 5.82 Å². The molecule has 0 amide bonds. The lowest BCUT2D eigenvalue weighted by Crippen LogP contribution is -2.34. The number of rotatable bonds is 5. The first-order valence-corrected chi connectivity index (χ1v) is 7.44. The van der Waals surface area contributed by atoms with Crippen LogP contribution in [0.25, 0.3) is 0 Å². The third-order valence-electron chi connectivity index (χ3n) is 4.95. The summed E-state index contributed by atoms with van der Waals surface area (Å²) in [5.41, 5.74) is 6.53. The minimum absolute atomic E-state index is 0.231. The van der Waals surface area contributed by atoms with Gasteiger partial charge in [0.25, 0.3) is 0 Å². The van der Waals surface area contributed by atoms with Gasteiger partial charge in [-0.2, -0.15) is 0 Å². The summed E-state index contributed by atoms with van der Waals surface area (Å²) in [4.78, 5) is 2.21. The Hall–Kier alpha value is -1.00. The van der Waals surface area contributed by atoms with Gasteiger partial charge in [0.15, 0.2) is 0 Å². The molecule has 112 valence electrons. The smallest absolute Gasteiger partial charge is 0.128 e. The van der Waals surface area contributed by atoms with Gasteiger partial charge in [-0.25, -0.2) is 8.78 Å². The summed E-state index contributed by atoms with van der Waals surface area (Å²) in [5, 5.41) is 0. The molecule has 1 heterocycles. The molecular formula is C16H24F2N2. The van der Waals surface area contributed by atoms with Gasteiger partial charge in [0.05, 0.1) is 6.04 Å². The van der Waals surface area contributed by atoms with Crippen LogP contribution in [0.1, 0.15) is 44.7 Å². The highest BCUT2D eigenvalue weighted by molar-refractivity contribution is 5.23. The standard InChI is InChI=1S/C16H24F2N2/c1-3-16(4-2)7-8-20(11-16)15(10-19)13-9-12(17)5-6-14(13)18/h5-6,9,15H,3-4,7-8,10-11,19H2,1-2H3. The number of halogens is 2. The molecule has 1 aromatic carbocycles. The van der Waals surface area contributed by atoms with Crippen molar-refractivity contribution in [2.45, 2.75) is 39.2 Å². The van der Waals surface area contributed by atoms with E-state index in [1.54, 1.807) is 0 Å². The zero-order valence-corrected chi connectivity index (χ0v) is 12.3. The Labute approximate surface area is 120 Å². The molecule has 1 aliphatic heterocycles. The summed E-state index contributed by atoms with van der Waals surface area (Å²) in [6, 6.07) is 3.39. The Bertz CT molecular complexity index is 458. The summed E-state index contributed by atoms with van der Waals surface area (Å²) in [5.74, 6) is -0.774. The van der Waals surface area contributed by atoms with Crippen molar-refractivity contribution in [3.63, 3.8) is 0 Å². The average Bonchev–Trinajstić information content (AvgIpc) is 2.88. The van der Waals surface area contributed by atoms with Gasteiger partial charge >= 0.3 is 0 Å². The van der Waals surface area contributed by atoms with Gasteiger partial charge in [-0.1, -0.05) is 13.8 Å². The quantitative estimate of drug-likeness (QED) is 0.896. The Morgan fingerprint density at radius 2 is 2.00 bits per heavy atom. The van der Waals surface area contributed by atoms with Crippen LogP contribution in [-0.2, 0) is 0 Å². The normalized spacial score (nSPS) is 20.2. The third-order valence-corrected chi connectivity index (χ3v) is 4.95. The molecule has 2 nitrogen and oxygen atoms in total. The molecule has 1 fully saturated rings. The maximum atomic E-state index is 14.0. The first kappa shape index (κ1) is 15.4. The molecule has 0 bridgehead atoms. The fraction of sp³-hybridized carbons (Fsp3) is 0.625. The minimum atomic E-state index is -0.406. The number of likely N-dealkylation sites (tertiary alicyclic amines) is 1. The highest BCUT2D eigenvalue weighted by atomic mass is 19.1. The zero-order valence-electron chi connectivity index (χ0n) is 12.3. The van der Waals surface area contributed by atoms with E-state index in [-0.39, 0.29) is 11.9 Å². The predicted molar refractivity (Wildman–Crippen MR) is 77.4 cm³/mol. The van der Waals surface area contributed by atoms with E-state index >= 15 is 0 Å². The molecule has 0 radical (unpaired) electrons. The molecule has 2 N–H and O–H groups in total. The molecule has 1 aromatic rings. The zero-order chi connectivity index (χ0) is 14.8. The highest BCUT2D eigenvalue weighted by Gasteiger charge is 2.38. The molecule has 1 atom stereocenters. The van der Waals surface area contributed by atoms with Crippen LogP contribution < -0.4 is 5.73 Å². The van der Waals surface area contributed by atoms with Crippen molar-refractivity contribution in [3.8, 4) is 0 Å². The van der Waals surface area contributed by atoms with Gasteiger partial charge in [-0.05, 0) is 49.4 Å². The first-order valence-electron chi connectivity index (χ1n) is 7.44. The van der Waals surface area contributed by atoms with Crippen molar-refractivity contribution in [1.29, 1.82) is 0 Å². The van der Waals surface area contributed by atoms with Crippen molar-refractivity contribution in [1.82, 2.24) is 4.90 Å². The Balaban J connectivity index is 2.23. The second-order valence-corrected chi connectivity index (χ2v) is 5.84. The summed E-state index contributed by atoms with van der Waals surface area (Å²) in [6.45, 7) is 6.53. The molecule has 0 aliphatic carbocycles. The van der Waals surface area contributed by atoms with Crippen LogP contribution in [0.3, 0.4) is 0 Å². The lowest BCUT2D eigenvalue weighted by atomic mass is 9.82. The fourth-order valence-corrected chi connectivity index (χ4v) is 3.31. The average molecular weight is 282 g/mol. The van der Waals surface area contributed by atoms with E-state index in [4.69, 9.17) is 5.73 Å². The second kappa shape index (κ2) is 6.19. The number of benzene rings is 1. The van der Waals surface area contributed by atoms with Crippen molar-refractivity contribution in [3.05, 3.63) is 35.4 Å². The maximum absolute atomic E-state index is 14.0. The third kappa shape index (κ3) is 2.86. The second-order valence-electron chi connectivity index (χ2n) is 5.84. The molecule has 1 unspecified atom stereocenters. The Morgan fingerprint density at radius 1 is 1.30 bits per heavy atom. The summed E-state index contributed by atoms with van der Waals surface area (Å²) in [7, 11) is 0. The topological polar surface area (TPSA) is 29.3 Å². The lowest BCUT2D eigenvalue weighted by molar-refractivity contribution is 0.194. The van der Waals surface area contributed by atoms with Crippen LogP contribution in [0.15, 0.2) is 18.2 Å². The van der Waals surface area contributed by atoms with Crippen LogP contribution in [-0.4, -0.2) is 24.5 Å². The summed E-state index contributed by atoms with van der Waals surface area (Å²) < 4.78 is 27.4. The molecule has 2 rings (SSSR count). The van der Waals surface area contributed by atoms with E-state index in [2.05, 4.69) is 18.7 Å². The molecular weight excluding hydrogens is 258 g/mol. The van der Waals surface area contributed by atoms with Crippen LogP contribution in [0.5, 0.6) is 0 Å². The molecule has 0 saturated carbocycles. The van der Waals surface area contributed by atoms with Crippen LogP contribution >= 0.6 is 0 Å². The van der Waals surface area contributed by atoms with Crippen molar-refractivity contribution >= 4 is 0 Å². The monoisotopic (exact) mass is 282 g/mol. The first-order chi connectivity index (χ1) is 9.55. The van der Waals surface area contributed by atoms with Gasteiger partial charge in [0, 0.05) is 18.7 Å².